The van der Waals surface area contributed by atoms with Gasteiger partial charge in [-0.05, 0) is 34.5 Å². The van der Waals surface area contributed by atoms with Crippen LogP contribution in [0.5, 0.6) is 0 Å². The highest BCUT2D eigenvalue weighted by atomic mass is 79.9. The summed E-state index contributed by atoms with van der Waals surface area (Å²) in [6, 6.07) is 1.83. The Kier molecular flexibility index (Phi) is 3.49. The van der Waals surface area contributed by atoms with Gasteiger partial charge in [0.2, 0.25) is 0 Å². The van der Waals surface area contributed by atoms with Gasteiger partial charge in [0.15, 0.2) is 0 Å². The van der Waals surface area contributed by atoms with Gasteiger partial charge in [-0.1, -0.05) is 0 Å². The van der Waals surface area contributed by atoms with Crippen LogP contribution in [0, 0.1) is 0 Å². The van der Waals surface area contributed by atoms with E-state index < -0.39 is 0 Å². The van der Waals surface area contributed by atoms with Crippen molar-refractivity contribution in [1.82, 2.24) is 4.98 Å². The van der Waals surface area contributed by atoms with Crippen LogP contribution < -0.4 is 5.32 Å². The molecule has 3 nitrogen and oxygen atoms in total. The number of hydrogen-bond acceptors (Lipinski definition) is 3. The fourth-order valence-corrected chi connectivity index (χ4v) is 1.22. The number of aromatic nitrogens is 1. The molecule has 1 rings (SSSR count). The molecule has 0 unspecified atom stereocenters. The Bertz CT molecular complexity index is 265. The zero-order chi connectivity index (χ0) is 8.97. The first-order chi connectivity index (χ1) is 5.77. The van der Waals surface area contributed by atoms with Crippen LogP contribution in [0.15, 0.2) is 16.7 Å². The highest BCUT2D eigenvalue weighted by Gasteiger charge is 2.00. The van der Waals surface area contributed by atoms with E-state index in [0.29, 0.717) is 0 Å². The molecule has 0 amide bonds. The van der Waals surface area contributed by atoms with Crippen LogP contribution in [0.2, 0.25) is 0 Å². The Morgan fingerprint density at radius 3 is 3.00 bits per heavy atom. The predicted octanol–water partition coefficient (Wildman–Crippen LogP) is 1.77. The van der Waals surface area contributed by atoms with E-state index in [1.807, 2.05) is 13.0 Å². The van der Waals surface area contributed by atoms with Crippen LogP contribution in [0.4, 0.5) is 5.82 Å². The van der Waals surface area contributed by atoms with Gasteiger partial charge < -0.3 is 10.4 Å². The topological polar surface area (TPSA) is 45.1 Å². The average Bonchev–Trinajstić information content (AvgIpc) is 2.09. The summed E-state index contributed by atoms with van der Waals surface area (Å²) in [6.45, 7) is 2.86. The number of aliphatic hydroxyl groups is 1. The molecule has 1 heterocycles. The minimum absolute atomic E-state index is 0.0293. The van der Waals surface area contributed by atoms with Crippen molar-refractivity contribution in [2.45, 2.75) is 13.5 Å². The molecular weight excluding hydrogens is 220 g/mol. The second kappa shape index (κ2) is 4.42. The smallest absolute Gasteiger partial charge is 0.126 e. The molecule has 2 N–H and O–H groups in total. The van der Waals surface area contributed by atoms with E-state index in [1.165, 1.54) is 0 Å². The number of anilines is 1. The number of nitrogens with one attached hydrogen (secondary N) is 1. The molecule has 0 aliphatic carbocycles. The fourth-order valence-electron chi connectivity index (χ4n) is 0.879. The number of hydrogen-bond donors (Lipinski definition) is 2. The number of pyridine rings is 1. The van der Waals surface area contributed by atoms with Gasteiger partial charge in [0, 0.05) is 17.2 Å². The summed E-state index contributed by atoms with van der Waals surface area (Å²) >= 11 is 3.29. The third kappa shape index (κ3) is 2.19. The molecule has 66 valence electrons. The van der Waals surface area contributed by atoms with Crippen molar-refractivity contribution in [2.75, 3.05) is 11.9 Å². The Morgan fingerprint density at radius 1 is 1.67 bits per heavy atom. The minimum atomic E-state index is 0.0293. The largest absolute Gasteiger partial charge is 0.392 e. The monoisotopic (exact) mass is 230 g/mol. The zero-order valence-electron chi connectivity index (χ0n) is 6.84. The van der Waals surface area contributed by atoms with E-state index >= 15 is 0 Å². The van der Waals surface area contributed by atoms with Crippen LogP contribution >= 0.6 is 15.9 Å². The van der Waals surface area contributed by atoms with E-state index in [1.54, 1.807) is 6.20 Å². The molecule has 0 spiro atoms. The first-order valence-electron chi connectivity index (χ1n) is 3.77. The fraction of sp³-hybridized carbons (Fsp3) is 0.375. The summed E-state index contributed by atoms with van der Waals surface area (Å²) in [5.41, 5.74) is 0.848. The van der Waals surface area contributed by atoms with Gasteiger partial charge in [0.1, 0.15) is 5.82 Å². The van der Waals surface area contributed by atoms with Gasteiger partial charge in [-0.25, -0.2) is 4.98 Å². The third-order valence-electron chi connectivity index (χ3n) is 1.46. The van der Waals surface area contributed by atoms with Gasteiger partial charge >= 0.3 is 0 Å². The lowest BCUT2D eigenvalue weighted by Gasteiger charge is -2.04. The maximum atomic E-state index is 8.93. The lowest BCUT2D eigenvalue weighted by Crippen LogP contribution is -2.00. The molecule has 12 heavy (non-hydrogen) atoms. The van der Waals surface area contributed by atoms with E-state index in [4.69, 9.17) is 5.11 Å². The van der Waals surface area contributed by atoms with Gasteiger partial charge in [-0.2, -0.15) is 0 Å². The highest BCUT2D eigenvalue weighted by Crippen LogP contribution is 2.18. The van der Waals surface area contributed by atoms with Gasteiger partial charge in [0.25, 0.3) is 0 Å². The number of nitrogens with zero attached hydrogens (tertiary/aromatic N) is 1. The molecule has 1 aromatic heterocycles. The van der Waals surface area contributed by atoms with E-state index in [9.17, 15) is 0 Å². The zero-order valence-corrected chi connectivity index (χ0v) is 8.43. The predicted molar refractivity (Wildman–Crippen MR) is 52.0 cm³/mol. The van der Waals surface area contributed by atoms with Crippen molar-refractivity contribution in [3.8, 4) is 0 Å². The van der Waals surface area contributed by atoms with E-state index in [0.717, 1.165) is 22.4 Å². The highest BCUT2D eigenvalue weighted by molar-refractivity contribution is 9.10. The van der Waals surface area contributed by atoms with E-state index in [-0.39, 0.29) is 6.61 Å². The molecule has 0 aromatic carbocycles. The summed E-state index contributed by atoms with van der Waals surface area (Å²) in [6.07, 6.45) is 1.68. The normalized spacial score (nSPS) is 9.92. The van der Waals surface area contributed by atoms with Crippen molar-refractivity contribution in [3.63, 3.8) is 0 Å². The van der Waals surface area contributed by atoms with Gasteiger partial charge in [0.05, 0.1) is 6.61 Å². The van der Waals surface area contributed by atoms with Crippen LogP contribution in [0.3, 0.4) is 0 Å². The van der Waals surface area contributed by atoms with E-state index in [2.05, 4.69) is 26.2 Å². The number of halogens is 1. The van der Waals surface area contributed by atoms with Crippen molar-refractivity contribution in [3.05, 3.63) is 22.3 Å². The minimum Gasteiger partial charge on any atom is -0.392 e. The molecule has 0 atom stereocenters. The molecule has 0 bridgehead atoms. The second-order valence-corrected chi connectivity index (χ2v) is 3.20. The Morgan fingerprint density at radius 2 is 2.42 bits per heavy atom. The number of rotatable bonds is 3. The average molecular weight is 231 g/mol. The first kappa shape index (κ1) is 9.48. The maximum Gasteiger partial charge on any atom is 0.126 e. The molecule has 0 fully saturated rings. The van der Waals surface area contributed by atoms with Crippen molar-refractivity contribution in [2.24, 2.45) is 0 Å². The molecule has 0 aliphatic rings. The van der Waals surface area contributed by atoms with Crippen molar-refractivity contribution in [1.29, 1.82) is 0 Å². The SMILES string of the molecule is CCNc1cc(CO)c(Br)cn1. The van der Waals surface area contributed by atoms with Crippen LogP contribution in [-0.4, -0.2) is 16.6 Å². The summed E-state index contributed by atoms with van der Waals surface area (Å²) in [4.78, 5) is 4.11. The van der Waals surface area contributed by atoms with Crippen LogP contribution in [-0.2, 0) is 6.61 Å². The van der Waals surface area contributed by atoms with Crippen molar-refractivity contribution < 1.29 is 5.11 Å². The molecule has 0 radical (unpaired) electrons. The van der Waals surface area contributed by atoms with Gasteiger partial charge in [-0.3, -0.25) is 0 Å². The second-order valence-electron chi connectivity index (χ2n) is 2.35. The van der Waals surface area contributed by atoms with Crippen molar-refractivity contribution >= 4 is 21.7 Å². The number of aliphatic hydroxyl groups excluding tert-OH is 1. The molecule has 0 aliphatic heterocycles. The Balaban J connectivity index is 2.89. The molecular formula is C8H11BrN2O. The standard InChI is InChI=1S/C8H11BrN2O/c1-2-10-8-3-6(5-12)7(9)4-11-8/h3-4,12H,2,5H2,1H3,(H,10,11). The molecule has 1 aromatic rings. The third-order valence-corrected chi connectivity index (χ3v) is 2.18. The lowest BCUT2D eigenvalue weighted by molar-refractivity contribution is 0.281. The molecule has 0 saturated carbocycles. The summed E-state index contributed by atoms with van der Waals surface area (Å²) < 4.78 is 0.839. The lowest BCUT2D eigenvalue weighted by atomic mass is 10.3. The Labute approximate surface area is 80.0 Å². The summed E-state index contributed by atoms with van der Waals surface area (Å²) in [5, 5.41) is 12.0. The van der Waals surface area contributed by atoms with Crippen LogP contribution in [0.1, 0.15) is 12.5 Å². The Hall–Kier alpha value is -0.610. The molecule has 4 heteroatoms. The quantitative estimate of drug-likeness (QED) is 0.833. The molecule has 0 saturated heterocycles. The maximum absolute atomic E-state index is 8.93. The first-order valence-corrected chi connectivity index (χ1v) is 4.56. The summed E-state index contributed by atoms with van der Waals surface area (Å²) in [7, 11) is 0. The van der Waals surface area contributed by atoms with Crippen LogP contribution in [0.25, 0.3) is 0 Å². The summed E-state index contributed by atoms with van der Waals surface area (Å²) in [5.74, 6) is 0.796. The van der Waals surface area contributed by atoms with Gasteiger partial charge in [-0.15, -0.1) is 0 Å².